The Morgan fingerprint density at radius 2 is 2.42 bits per heavy atom. The Kier molecular flexibility index (Phi) is 2.78. The molecule has 0 unspecified atom stereocenters. The number of aliphatic hydroxyl groups is 1. The zero-order valence-corrected chi connectivity index (χ0v) is 7.73. The van der Waals surface area contributed by atoms with Gasteiger partial charge in [-0.3, -0.25) is 4.79 Å². The maximum Gasteiger partial charge on any atom is 0.263 e. The number of amides is 1. The van der Waals surface area contributed by atoms with Crippen LogP contribution in [0, 0.1) is 6.92 Å². The van der Waals surface area contributed by atoms with E-state index in [1.54, 1.807) is 14.0 Å². The maximum atomic E-state index is 11.1. The number of hydrogen-bond donors (Lipinski definition) is 2. The molecule has 0 atom stereocenters. The highest BCUT2D eigenvalue weighted by Gasteiger charge is 2.12. The number of hydrogen-bond acceptors (Lipinski definition) is 4. The molecule has 0 radical (unpaired) electrons. The highest BCUT2D eigenvalue weighted by atomic mass is 32.1. The molecule has 2 N–H and O–H groups in total. The molecule has 5 heteroatoms. The summed E-state index contributed by atoms with van der Waals surface area (Å²) in [5.41, 5.74) is 0.670. The third kappa shape index (κ3) is 1.62. The van der Waals surface area contributed by atoms with Crippen molar-refractivity contribution in [3.63, 3.8) is 0 Å². The minimum Gasteiger partial charge on any atom is -0.389 e. The van der Waals surface area contributed by atoms with Crippen LogP contribution in [-0.4, -0.2) is 23.0 Å². The van der Waals surface area contributed by atoms with E-state index in [1.165, 1.54) is 11.3 Å². The van der Waals surface area contributed by atoms with Crippen molar-refractivity contribution in [1.29, 1.82) is 0 Å². The van der Waals surface area contributed by atoms with Gasteiger partial charge in [-0.05, 0) is 6.92 Å². The fraction of sp³-hybridized carbons (Fsp3) is 0.429. The van der Waals surface area contributed by atoms with Crippen LogP contribution in [0.2, 0.25) is 0 Å². The fourth-order valence-corrected chi connectivity index (χ4v) is 1.71. The third-order valence-corrected chi connectivity index (χ3v) is 2.55. The first-order valence-electron chi connectivity index (χ1n) is 3.48. The number of thiazole rings is 1. The lowest BCUT2D eigenvalue weighted by Crippen LogP contribution is -2.17. The average molecular weight is 186 g/mol. The van der Waals surface area contributed by atoms with Gasteiger partial charge in [0, 0.05) is 7.05 Å². The summed E-state index contributed by atoms with van der Waals surface area (Å²) in [6.07, 6.45) is 0. The van der Waals surface area contributed by atoms with E-state index in [4.69, 9.17) is 5.11 Å². The van der Waals surface area contributed by atoms with E-state index in [9.17, 15) is 4.79 Å². The second-order valence-electron chi connectivity index (χ2n) is 2.26. The van der Waals surface area contributed by atoms with Crippen molar-refractivity contribution in [1.82, 2.24) is 10.3 Å². The van der Waals surface area contributed by atoms with Crippen molar-refractivity contribution in [3.05, 3.63) is 15.6 Å². The van der Waals surface area contributed by atoms with E-state index in [0.29, 0.717) is 15.6 Å². The molecule has 0 aliphatic carbocycles. The molecule has 0 aliphatic rings. The second-order valence-corrected chi connectivity index (χ2v) is 3.34. The molecule has 1 amide bonds. The van der Waals surface area contributed by atoms with Crippen molar-refractivity contribution in [2.75, 3.05) is 7.05 Å². The lowest BCUT2D eigenvalue weighted by molar-refractivity contribution is 0.0966. The Bertz CT molecular complexity index is 296. The van der Waals surface area contributed by atoms with Crippen LogP contribution in [0.1, 0.15) is 20.4 Å². The van der Waals surface area contributed by atoms with Gasteiger partial charge in [0.1, 0.15) is 9.88 Å². The van der Waals surface area contributed by atoms with Gasteiger partial charge in [0.05, 0.1) is 12.3 Å². The summed E-state index contributed by atoms with van der Waals surface area (Å²) < 4.78 is 0. The zero-order chi connectivity index (χ0) is 9.14. The lowest BCUT2D eigenvalue weighted by atomic mass is 10.4. The van der Waals surface area contributed by atoms with E-state index < -0.39 is 0 Å². The highest BCUT2D eigenvalue weighted by Crippen LogP contribution is 2.17. The Balaban J connectivity index is 2.99. The first-order valence-corrected chi connectivity index (χ1v) is 4.30. The van der Waals surface area contributed by atoms with Crippen LogP contribution in [0.3, 0.4) is 0 Å². The van der Waals surface area contributed by atoms with Gasteiger partial charge in [-0.15, -0.1) is 11.3 Å². The van der Waals surface area contributed by atoms with Gasteiger partial charge < -0.3 is 10.4 Å². The van der Waals surface area contributed by atoms with Crippen molar-refractivity contribution in [2.24, 2.45) is 0 Å². The van der Waals surface area contributed by atoms with Gasteiger partial charge >= 0.3 is 0 Å². The molecular formula is C7H10N2O2S. The predicted molar refractivity (Wildman–Crippen MR) is 46.2 cm³/mol. The van der Waals surface area contributed by atoms with Crippen LogP contribution in [0.25, 0.3) is 0 Å². The van der Waals surface area contributed by atoms with E-state index in [1.807, 2.05) is 0 Å². The first kappa shape index (κ1) is 9.15. The number of aromatic nitrogens is 1. The monoisotopic (exact) mass is 186 g/mol. The van der Waals surface area contributed by atoms with Crippen LogP contribution in [0.4, 0.5) is 0 Å². The van der Waals surface area contributed by atoms with Gasteiger partial charge in [0.25, 0.3) is 5.91 Å². The zero-order valence-electron chi connectivity index (χ0n) is 6.92. The molecule has 0 bridgehead atoms. The van der Waals surface area contributed by atoms with E-state index in [2.05, 4.69) is 10.3 Å². The molecular weight excluding hydrogens is 176 g/mol. The number of carbonyl (C=O) groups is 1. The number of aryl methyl sites for hydroxylation is 1. The number of rotatable bonds is 2. The minimum atomic E-state index is -0.148. The molecule has 0 aromatic carbocycles. The molecule has 1 heterocycles. The van der Waals surface area contributed by atoms with E-state index in [0.717, 1.165) is 0 Å². The van der Waals surface area contributed by atoms with Crippen LogP contribution in [-0.2, 0) is 6.61 Å². The Hall–Kier alpha value is -0.940. The fourth-order valence-electron chi connectivity index (χ4n) is 0.844. The largest absolute Gasteiger partial charge is 0.389 e. The van der Waals surface area contributed by atoms with Crippen LogP contribution in [0.5, 0.6) is 0 Å². The predicted octanol–water partition coefficient (Wildman–Crippen LogP) is 0.303. The molecule has 1 aromatic rings. The number of nitrogens with zero attached hydrogens (tertiary/aromatic N) is 1. The van der Waals surface area contributed by atoms with Gasteiger partial charge in [0.15, 0.2) is 0 Å². The lowest BCUT2D eigenvalue weighted by Gasteiger charge is -1.93. The van der Waals surface area contributed by atoms with E-state index >= 15 is 0 Å². The average Bonchev–Trinajstić information content (AvgIpc) is 2.45. The van der Waals surface area contributed by atoms with Crippen molar-refractivity contribution in [2.45, 2.75) is 13.5 Å². The molecule has 4 nitrogen and oxygen atoms in total. The first-order chi connectivity index (χ1) is 5.69. The summed E-state index contributed by atoms with van der Waals surface area (Å²) >= 11 is 1.22. The molecule has 66 valence electrons. The van der Waals surface area contributed by atoms with Crippen molar-refractivity contribution < 1.29 is 9.90 Å². The highest BCUT2D eigenvalue weighted by molar-refractivity contribution is 7.13. The molecule has 0 fully saturated rings. The molecule has 0 saturated carbocycles. The molecule has 0 aliphatic heterocycles. The summed E-state index contributed by atoms with van der Waals surface area (Å²) in [4.78, 5) is 15.7. The summed E-state index contributed by atoms with van der Waals surface area (Å²) in [5.74, 6) is -0.148. The Morgan fingerprint density at radius 1 is 1.75 bits per heavy atom. The topological polar surface area (TPSA) is 62.2 Å². The van der Waals surface area contributed by atoms with Crippen molar-refractivity contribution >= 4 is 17.2 Å². The molecule has 0 spiro atoms. The maximum absolute atomic E-state index is 11.1. The van der Waals surface area contributed by atoms with Crippen molar-refractivity contribution in [3.8, 4) is 0 Å². The summed E-state index contributed by atoms with van der Waals surface area (Å²) in [6, 6.07) is 0. The van der Waals surface area contributed by atoms with Crippen LogP contribution >= 0.6 is 11.3 Å². The normalized spacial score (nSPS) is 9.92. The SMILES string of the molecule is CNC(=O)c1sc(CO)nc1C. The smallest absolute Gasteiger partial charge is 0.263 e. The van der Waals surface area contributed by atoms with Gasteiger partial charge in [-0.2, -0.15) is 0 Å². The molecule has 1 aromatic heterocycles. The number of aliphatic hydroxyl groups excluding tert-OH is 1. The Morgan fingerprint density at radius 3 is 2.83 bits per heavy atom. The van der Waals surface area contributed by atoms with Crippen LogP contribution in [0.15, 0.2) is 0 Å². The minimum absolute atomic E-state index is 0.109. The molecule has 12 heavy (non-hydrogen) atoms. The van der Waals surface area contributed by atoms with Gasteiger partial charge in [0.2, 0.25) is 0 Å². The number of nitrogens with one attached hydrogen (secondary N) is 1. The van der Waals surface area contributed by atoms with E-state index in [-0.39, 0.29) is 12.5 Å². The molecule has 1 rings (SSSR count). The summed E-state index contributed by atoms with van der Waals surface area (Å²) in [6.45, 7) is 1.64. The van der Waals surface area contributed by atoms with Gasteiger partial charge in [-0.25, -0.2) is 4.98 Å². The standard InChI is InChI=1S/C7H10N2O2S/c1-4-6(7(11)8-2)12-5(3-10)9-4/h10H,3H2,1-2H3,(H,8,11). The quantitative estimate of drug-likeness (QED) is 0.698. The Labute approximate surface area is 74.3 Å². The number of carbonyl (C=O) groups excluding carboxylic acids is 1. The second kappa shape index (κ2) is 3.64. The summed E-state index contributed by atoms with van der Waals surface area (Å²) in [5, 5.41) is 11.8. The van der Waals surface area contributed by atoms with Crippen LogP contribution < -0.4 is 5.32 Å². The summed E-state index contributed by atoms with van der Waals surface area (Å²) in [7, 11) is 1.57. The third-order valence-electron chi connectivity index (χ3n) is 1.41. The molecule has 0 saturated heterocycles. The van der Waals surface area contributed by atoms with Gasteiger partial charge in [-0.1, -0.05) is 0 Å².